The van der Waals surface area contributed by atoms with Crippen molar-refractivity contribution in [3.63, 3.8) is 0 Å². The van der Waals surface area contributed by atoms with Crippen molar-refractivity contribution in [1.82, 2.24) is 15.1 Å². The monoisotopic (exact) mass is 235 g/mol. The Bertz CT molecular complexity index is 324. The quantitative estimate of drug-likeness (QED) is 0.849. The number of hydrogen-bond donors (Lipinski definition) is 1. The summed E-state index contributed by atoms with van der Waals surface area (Å²) in [6.45, 7) is 4.09. The molecule has 0 bridgehead atoms. The van der Waals surface area contributed by atoms with E-state index in [1.165, 1.54) is 31.2 Å². The summed E-state index contributed by atoms with van der Waals surface area (Å²) in [4.78, 5) is 2.62. The van der Waals surface area contributed by atoms with Crippen molar-refractivity contribution in [2.75, 3.05) is 26.3 Å². The lowest BCUT2D eigenvalue weighted by Crippen LogP contribution is -2.44. The van der Waals surface area contributed by atoms with Crippen LogP contribution in [0.15, 0.2) is 12.4 Å². The van der Waals surface area contributed by atoms with Gasteiger partial charge in [-0.05, 0) is 37.2 Å². The van der Waals surface area contributed by atoms with Crippen molar-refractivity contribution in [3.05, 3.63) is 18.0 Å². The first-order valence-corrected chi connectivity index (χ1v) is 6.74. The fraction of sp³-hybridized carbons (Fsp3) is 0.769. The maximum atomic E-state index is 5.42. The van der Waals surface area contributed by atoms with E-state index in [0.717, 1.165) is 38.3 Å². The minimum Gasteiger partial charge on any atom is -0.379 e. The largest absolute Gasteiger partial charge is 0.379 e. The Morgan fingerprint density at radius 2 is 1.94 bits per heavy atom. The van der Waals surface area contributed by atoms with Crippen molar-refractivity contribution in [3.8, 4) is 0 Å². The van der Waals surface area contributed by atoms with Gasteiger partial charge in [0.2, 0.25) is 0 Å². The summed E-state index contributed by atoms with van der Waals surface area (Å²) in [6.07, 6.45) is 9.31. The molecule has 1 saturated carbocycles. The van der Waals surface area contributed by atoms with Gasteiger partial charge in [0.25, 0.3) is 0 Å². The van der Waals surface area contributed by atoms with Gasteiger partial charge in [-0.3, -0.25) is 10.00 Å². The highest BCUT2D eigenvalue weighted by atomic mass is 16.5. The number of aromatic nitrogens is 2. The molecule has 4 heteroatoms. The van der Waals surface area contributed by atoms with Crippen LogP contribution in [0.1, 0.15) is 37.2 Å². The Morgan fingerprint density at radius 3 is 2.59 bits per heavy atom. The molecule has 1 saturated heterocycles. The van der Waals surface area contributed by atoms with E-state index in [2.05, 4.69) is 21.3 Å². The van der Waals surface area contributed by atoms with Crippen LogP contribution in [0.4, 0.5) is 0 Å². The molecule has 2 aliphatic rings. The van der Waals surface area contributed by atoms with Crippen molar-refractivity contribution in [1.29, 1.82) is 0 Å². The van der Waals surface area contributed by atoms with Gasteiger partial charge in [0.15, 0.2) is 0 Å². The Labute approximate surface area is 102 Å². The van der Waals surface area contributed by atoms with Crippen LogP contribution in [0.25, 0.3) is 0 Å². The Hall–Kier alpha value is -0.870. The molecule has 0 atom stereocenters. The van der Waals surface area contributed by atoms with Crippen LogP contribution in [-0.4, -0.2) is 47.4 Å². The molecule has 1 aromatic rings. The number of rotatable bonds is 2. The van der Waals surface area contributed by atoms with Crippen LogP contribution in [0, 0.1) is 0 Å². The Morgan fingerprint density at radius 1 is 1.18 bits per heavy atom. The van der Waals surface area contributed by atoms with Gasteiger partial charge >= 0.3 is 0 Å². The highest BCUT2D eigenvalue weighted by Gasteiger charge is 2.27. The average Bonchev–Trinajstić information content (AvgIpc) is 2.94. The number of aromatic amines is 1. The van der Waals surface area contributed by atoms with Crippen molar-refractivity contribution < 1.29 is 4.74 Å². The zero-order valence-corrected chi connectivity index (χ0v) is 10.3. The second-order valence-corrected chi connectivity index (χ2v) is 5.19. The molecule has 1 N–H and O–H groups in total. The van der Waals surface area contributed by atoms with E-state index in [0.29, 0.717) is 0 Å². The lowest BCUT2D eigenvalue weighted by molar-refractivity contribution is 0.00730. The van der Waals surface area contributed by atoms with Crippen LogP contribution < -0.4 is 0 Å². The fourth-order valence-electron chi connectivity index (χ4n) is 3.20. The lowest BCUT2D eigenvalue weighted by atomic mass is 9.82. The third kappa shape index (κ3) is 2.53. The molecular formula is C13H21N3O. The summed E-state index contributed by atoms with van der Waals surface area (Å²) in [7, 11) is 0. The zero-order chi connectivity index (χ0) is 11.5. The number of ether oxygens (including phenoxy) is 1. The summed E-state index contributed by atoms with van der Waals surface area (Å²) < 4.78 is 5.42. The lowest BCUT2D eigenvalue weighted by Gasteiger charge is -2.38. The summed E-state index contributed by atoms with van der Waals surface area (Å²) in [6, 6.07) is 0.794. The van der Waals surface area contributed by atoms with E-state index in [1.54, 1.807) is 0 Å². The van der Waals surface area contributed by atoms with Crippen LogP contribution in [0.2, 0.25) is 0 Å². The summed E-state index contributed by atoms with van der Waals surface area (Å²) in [5.74, 6) is 0.728. The average molecular weight is 235 g/mol. The number of hydrogen-bond acceptors (Lipinski definition) is 3. The van der Waals surface area contributed by atoms with Gasteiger partial charge < -0.3 is 4.74 Å². The predicted molar refractivity (Wildman–Crippen MR) is 66.0 cm³/mol. The van der Waals surface area contributed by atoms with Gasteiger partial charge in [0.1, 0.15) is 0 Å². The molecule has 2 heterocycles. The SMILES string of the molecule is c1n[nH]cc1C1CCC(N2CCOCC2)CC1. The summed E-state index contributed by atoms with van der Waals surface area (Å²) >= 11 is 0. The third-order valence-corrected chi connectivity index (χ3v) is 4.25. The Balaban J connectivity index is 1.53. The molecule has 0 spiro atoms. The van der Waals surface area contributed by atoms with Gasteiger partial charge in [-0.15, -0.1) is 0 Å². The number of nitrogens with one attached hydrogen (secondary N) is 1. The third-order valence-electron chi connectivity index (χ3n) is 4.25. The predicted octanol–water partition coefficient (Wildman–Crippen LogP) is 1.77. The molecule has 0 unspecified atom stereocenters. The van der Waals surface area contributed by atoms with E-state index in [-0.39, 0.29) is 0 Å². The van der Waals surface area contributed by atoms with E-state index in [9.17, 15) is 0 Å². The maximum Gasteiger partial charge on any atom is 0.0594 e. The first-order valence-electron chi connectivity index (χ1n) is 6.74. The fourth-order valence-corrected chi connectivity index (χ4v) is 3.20. The Kier molecular flexibility index (Phi) is 3.43. The molecule has 1 aromatic heterocycles. The second-order valence-electron chi connectivity index (χ2n) is 5.19. The van der Waals surface area contributed by atoms with Crippen LogP contribution in [-0.2, 0) is 4.74 Å². The minimum absolute atomic E-state index is 0.728. The van der Waals surface area contributed by atoms with Gasteiger partial charge in [0.05, 0.1) is 19.4 Å². The molecule has 1 aliphatic carbocycles. The van der Waals surface area contributed by atoms with E-state index < -0.39 is 0 Å². The topological polar surface area (TPSA) is 41.2 Å². The van der Waals surface area contributed by atoms with Crippen LogP contribution in [0.3, 0.4) is 0 Å². The van der Waals surface area contributed by atoms with E-state index >= 15 is 0 Å². The molecule has 0 aromatic carbocycles. The van der Waals surface area contributed by atoms with Crippen LogP contribution in [0.5, 0.6) is 0 Å². The van der Waals surface area contributed by atoms with Gasteiger partial charge in [-0.1, -0.05) is 0 Å². The first kappa shape index (κ1) is 11.2. The molecule has 94 valence electrons. The number of nitrogens with zero attached hydrogens (tertiary/aromatic N) is 2. The van der Waals surface area contributed by atoms with Gasteiger partial charge in [0, 0.05) is 25.3 Å². The van der Waals surface area contributed by atoms with Gasteiger partial charge in [-0.25, -0.2) is 0 Å². The van der Waals surface area contributed by atoms with Crippen LogP contribution >= 0.6 is 0 Å². The minimum atomic E-state index is 0.728. The summed E-state index contributed by atoms with van der Waals surface area (Å²) in [5.41, 5.74) is 1.39. The molecule has 0 radical (unpaired) electrons. The maximum absolute atomic E-state index is 5.42. The molecule has 1 aliphatic heterocycles. The molecule has 3 rings (SSSR count). The normalized spacial score (nSPS) is 31.5. The highest BCUT2D eigenvalue weighted by Crippen LogP contribution is 2.34. The van der Waals surface area contributed by atoms with E-state index in [4.69, 9.17) is 4.74 Å². The molecule has 2 fully saturated rings. The molecule has 4 nitrogen and oxygen atoms in total. The van der Waals surface area contributed by atoms with Crippen molar-refractivity contribution >= 4 is 0 Å². The second kappa shape index (κ2) is 5.19. The summed E-state index contributed by atoms with van der Waals surface area (Å²) in [5, 5.41) is 6.98. The van der Waals surface area contributed by atoms with Crippen molar-refractivity contribution in [2.45, 2.75) is 37.6 Å². The zero-order valence-electron chi connectivity index (χ0n) is 10.3. The van der Waals surface area contributed by atoms with Crippen molar-refractivity contribution in [2.24, 2.45) is 0 Å². The van der Waals surface area contributed by atoms with E-state index in [1.807, 2.05) is 6.20 Å². The highest BCUT2D eigenvalue weighted by molar-refractivity contribution is 5.11. The molecular weight excluding hydrogens is 214 g/mol. The standard InChI is InChI=1S/C13H21N3O/c1-3-13(16-5-7-17-8-6-16)4-2-11(1)12-9-14-15-10-12/h9-11,13H,1-8H2,(H,14,15). The molecule has 0 amide bonds. The smallest absolute Gasteiger partial charge is 0.0594 e. The first-order chi connectivity index (χ1) is 8.43. The number of morpholine rings is 1. The molecule has 17 heavy (non-hydrogen) atoms. The van der Waals surface area contributed by atoms with Gasteiger partial charge in [-0.2, -0.15) is 5.10 Å². The number of H-pyrrole nitrogens is 1.